The standard InChI is InChI=1S/C60H59N4O.Pt/c1-58(2,3)38-28-30-50(47(33-38)36-18-11-10-12-19-36)63-51-26-16-22-40(53(51)62-57(63)48-34-39(59(4,5)6)35-49(55(48)65)60(7,8)9)37-27-29-43-41-20-13-14-21-42(41)44-23-15-24-45-46-25-17-31-61-56(46)64(54(44)45)52(43)32-37;/h10-12,15-19,22-31,33-35,41-42,65H,13-14,20-21H2,1-9H3;/q-1;. The number of phenolic OH excluding ortho intramolecular Hbond substituents is 1. The number of pyridine rings is 1. The van der Waals surface area contributed by atoms with Crippen LogP contribution in [0, 0.1) is 6.07 Å². The van der Waals surface area contributed by atoms with Gasteiger partial charge in [-0.15, -0.1) is 29.3 Å². The molecule has 6 aromatic carbocycles. The Kier molecular flexibility index (Phi) is 10.6. The van der Waals surface area contributed by atoms with Gasteiger partial charge in [0.05, 0.1) is 27.8 Å². The van der Waals surface area contributed by atoms with Gasteiger partial charge in [-0.1, -0.05) is 160 Å². The molecule has 0 spiro atoms. The molecule has 2 aliphatic rings. The molecule has 1 N–H and O–H groups in total. The van der Waals surface area contributed by atoms with E-state index in [0.29, 0.717) is 17.7 Å². The van der Waals surface area contributed by atoms with Crippen LogP contribution < -0.4 is 0 Å². The van der Waals surface area contributed by atoms with E-state index in [1.165, 1.54) is 52.2 Å². The van der Waals surface area contributed by atoms with Crippen molar-refractivity contribution in [2.45, 2.75) is 116 Å². The minimum atomic E-state index is -0.318. The van der Waals surface area contributed by atoms with Gasteiger partial charge in [-0.05, 0) is 98.8 Å². The van der Waals surface area contributed by atoms with Crippen LogP contribution in [0.4, 0.5) is 0 Å². The van der Waals surface area contributed by atoms with Gasteiger partial charge in [0.1, 0.15) is 17.2 Å². The number of hydrogen-bond acceptors (Lipinski definition) is 3. The Labute approximate surface area is 404 Å². The largest absolute Gasteiger partial charge is 0.507 e. The summed E-state index contributed by atoms with van der Waals surface area (Å²) in [5.74, 6) is 1.82. The van der Waals surface area contributed by atoms with Gasteiger partial charge in [-0.25, -0.2) is 9.97 Å². The summed E-state index contributed by atoms with van der Waals surface area (Å²) >= 11 is 0. The van der Waals surface area contributed by atoms with Gasteiger partial charge in [0.25, 0.3) is 0 Å². The number of rotatable bonds is 4. The predicted octanol–water partition coefficient (Wildman–Crippen LogP) is 15.7. The van der Waals surface area contributed by atoms with Gasteiger partial charge >= 0.3 is 0 Å². The molecule has 336 valence electrons. The minimum Gasteiger partial charge on any atom is -0.507 e. The molecule has 0 saturated heterocycles. The normalized spacial score (nSPS) is 16.3. The van der Waals surface area contributed by atoms with Gasteiger partial charge in [-0.3, -0.25) is 4.57 Å². The summed E-state index contributed by atoms with van der Waals surface area (Å²) in [6.45, 7) is 20.1. The molecule has 66 heavy (non-hydrogen) atoms. The Balaban J connectivity index is 0.00000511. The van der Waals surface area contributed by atoms with Crippen molar-refractivity contribution >= 4 is 33.0 Å². The van der Waals surface area contributed by atoms with Crippen molar-refractivity contribution in [2.75, 3.05) is 0 Å². The first-order chi connectivity index (χ1) is 31.1. The third-order valence-corrected chi connectivity index (χ3v) is 14.5. The van der Waals surface area contributed by atoms with Crippen LogP contribution in [0.3, 0.4) is 0 Å². The molecular formula is C60H59N4OPt-. The molecule has 1 fully saturated rings. The maximum absolute atomic E-state index is 12.6. The van der Waals surface area contributed by atoms with Gasteiger partial charge in [0, 0.05) is 49.2 Å². The first kappa shape index (κ1) is 44.1. The molecule has 1 aliphatic carbocycles. The Bertz CT molecular complexity index is 3350. The number of phenols is 1. The number of fused-ring (bicyclic) bond motifs is 9. The third kappa shape index (κ3) is 7.07. The van der Waals surface area contributed by atoms with E-state index in [9.17, 15) is 5.11 Å². The van der Waals surface area contributed by atoms with Gasteiger partial charge < -0.3 is 9.67 Å². The van der Waals surface area contributed by atoms with Crippen molar-refractivity contribution in [1.29, 1.82) is 0 Å². The Morgan fingerprint density at radius 1 is 0.606 bits per heavy atom. The molecule has 0 amide bonds. The SMILES string of the molecule is CC(C)(C)c1ccc(-n2c(-c3cc(C(C)(C)C)cc(C(C)(C)C)c3O)nc3c(-c4[c-]c5c(cc4)C4CCCCC4c4cccc6c7cccnc7n-5c46)cccc32)c(-c2ccccc2)c1.[Pt]. The van der Waals surface area contributed by atoms with Crippen molar-refractivity contribution in [3.8, 4) is 50.8 Å². The topological polar surface area (TPSA) is 55.9 Å². The van der Waals surface area contributed by atoms with Crippen molar-refractivity contribution in [2.24, 2.45) is 0 Å². The second kappa shape index (κ2) is 15.9. The molecule has 1 aliphatic heterocycles. The van der Waals surface area contributed by atoms with Crippen LogP contribution in [0.2, 0.25) is 0 Å². The summed E-state index contributed by atoms with van der Waals surface area (Å²) in [7, 11) is 0. The average Bonchev–Trinajstić information content (AvgIpc) is 3.80. The number of hydrogen-bond donors (Lipinski definition) is 1. The second-order valence-electron chi connectivity index (χ2n) is 21.8. The van der Waals surface area contributed by atoms with Crippen molar-refractivity contribution in [1.82, 2.24) is 19.1 Å². The molecule has 6 heteroatoms. The van der Waals surface area contributed by atoms with Crippen molar-refractivity contribution in [3.05, 3.63) is 161 Å². The van der Waals surface area contributed by atoms with E-state index in [-0.39, 0.29) is 43.1 Å². The van der Waals surface area contributed by atoms with E-state index in [2.05, 4.69) is 199 Å². The third-order valence-electron chi connectivity index (χ3n) is 14.5. The van der Waals surface area contributed by atoms with Crippen LogP contribution in [0.15, 0.2) is 128 Å². The molecule has 1 saturated carbocycles. The summed E-state index contributed by atoms with van der Waals surface area (Å²) in [5, 5.41) is 15.0. The number of benzene rings is 6. The molecule has 4 heterocycles. The van der Waals surface area contributed by atoms with E-state index in [4.69, 9.17) is 9.97 Å². The maximum atomic E-state index is 12.6. The predicted molar refractivity (Wildman–Crippen MR) is 270 cm³/mol. The van der Waals surface area contributed by atoms with E-state index >= 15 is 0 Å². The van der Waals surface area contributed by atoms with Crippen molar-refractivity contribution < 1.29 is 26.2 Å². The Hall–Kier alpha value is -5.77. The molecule has 9 aromatic rings. The fourth-order valence-corrected chi connectivity index (χ4v) is 11.0. The molecule has 2 atom stereocenters. The minimum absolute atomic E-state index is 0. The van der Waals surface area contributed by atoms with Crippen LogP contribution in [-0.4, -0.2) is 24.2 Å². The smallest absolute Gasteiger partial charge is 0.148 e. The zero-order valence-corrected chi connectivity index (χ0v) is 41.9. The van der Waals surface area contributed by atoms with Crippen molar-refractivity contribution in [3.63, 3.8) is 0 Å². The van der Waals surface area contributed by atoms with Gasteiger partial charge in [0.15, 0.2) is 0 Å². The maximum Gasteiger partial charge on any atom is 0.148 e. The second-order valence-corrected chi connectivity index (χ2v) is 21.8. The van der Waals surface area contributed by atoms with Crippen LogP contribution in [-0.2, 0) is 37.3 Å². The van der Waals surface area contributed by atoms with E-state index < -0.39 is 0 Å². The number of aromatic hydroxyl groups is 1. The molecule has 5 nitrogen and oxygen atoms in total. The number of imidazole rings is 1. The zero-order valence-electron chi connectivity index (χ0n) is 39.7. The average molecular weight is 1050 g/mol. The number of nitrogens with zero attached hydrogens (tertiary/aromatic N) is 4. The molecule has 0 radical (unpaired) electrons. The van der Waals surface area contributed by atoms with Crippen LogP contribution in [0.25, 0.3) is 78.0 Å². The summed E-state index contributed by atoms with van der Waals surface area (Å²) in [6, 6.07) is 48.4. The number of para-hydroxylation sites is 2. The fourth-order valence-electron chi connectivity index (χ4n) is 11.0. The Morgan fingerprint density at radius 2 is 1.30 bits per heavy atom. The van der Waals surface area contributed by atoms with Crippen LogP contribution in [0.5, 0.6) is 5.75 Å². The molecule has 2 unspecified atom stereocenters. The summed E-state index contributed by atoms with van der Waals surface area (Å²) in [6.07, 6.45) is 6.74. The summed E-state index contributed by atoms with van der Waals surface area (Å²) < 4.78 is 4.73. The Morgan fingerprint density at radius 3 is 2.03 bits per heavy atom. The van der Waals surface area contributed by atoms with Crippen LogP contribution in [0.1, 0.15) is 128 Å². The summed E-state index contributed by atoms with van der Waals surface area (Å²) in [4.78, 5) is 10.8. The monoisotopic (exact) mass is 1050 g/mol. The van der Waals surface area contributed by atoms with E-state index in [1.807, 2.05) is 6.20 Å². The van der Waals surface area contributed by atoms with E-state index in [0.717, 1.165) is 73.4 Å². The quantitative estimate of drug-likeness (QED) is 0.179. The first-order valence-corrected chi connectivity index (χ1v) is 23.6. The van der Waals surface area contributed by atoms with E-state index in [1.54, 1.807) is 0 Å². The van der Waals surface area contributed by atoms with Gasteiger partial charge in [0.2, 0.25) is 0 Å². The zero-order chi connectivity index (χ0) is 45.2. The molecule has 11 rings (SSSR count). The van der Waals surface area contributed by atoms with Gasteiger partial charge in [-0.2, -0.15) is 0 Å². The fraction of sp³-hybridized carbons (Fsp3) is 0.300. The number of aromatic nitrogens is 4. The molecular weight excluding hydrogens is 988 g/mol. The molecule has 0 bridgehead atoms. The van der Waals surface area contributed by atoms with Crippen LogP contribution >= 0.6 is 0 Å². The first-order valence-electron chi connectivity index (χ1n) is 23.6. The summed E-state index contributed by atoms with van der Waals surface area (Å²) in [5.41, 5.74) is 16.6. The molecule has 3 aromatic heterocycles.